The lowest BCUT2D eigenvalue weighted by molar-refractivity contribution is -0.137. The van der Waals surface area contributed by atoms with E-state index in [1.54, 1.807) is 17.0 Å². The number of ether oxygens (including phenoxy) is 1. The van der Waals surface area contributed by atoms with Gasteiger partial charge in [-0.3, -0.25) is 4.79 Å². The van der Waals surface area contributed by atoms with E-state index < -0.39 is 23.1 Å². The van der Waals surface area contributed by atoms with Gasteiger partial charge < -0.3 is 9.64 Å². The fourth-order valence-corrected chi connectivity index (χ4v) is 4.78. The van der Waals surface area contributed by atoms with Crippen molar-refractivity contribution in [2.45, 2.75) is 32.0 Å². The highest BCUT2D eigenvalue weighted by atomic mass is 35.5. The largest absolute Gasteiger partial charge is 0.465 e. The molecule has 1 heterocycles. The molecule has 1 aliphatic carbocycles. The molecule has 1 aliphatic heterocycles. The summed E-state index contributed by atoms with van der Waals surface area (Å²) in [7, 11) is 1.32. The maximum atomic E-state index is 13.3. The lowest BCUT2D eigenvalue weighted by Crippen LogP contribution is -2.35. The van der Waals surface area contributed by atoms with Crippen molar-refractivity contribution in [3.63, 3.8) is 0 Å². The number of carbonyl (C=O) groups excluding carboxylic acids is 2. The first-order valence-corrected chi connectivity index (χ1v) is 9.86. The lowest BCUT2D eigenvalue weighted by Gasteiger charge is -2.23. The summed E-state index contributed by atoms with van der Waals surface area (Å²) in [4.78, 5) is 26.9. The summed E-state index contributed by atoms with van der Waals surface area (Å²) in [6, 6.07) is 9.08. The Bertz CT molecular complexity index is 1040. The number of hydrogen-bond acceptors (Lipinski definition) is 3. The van der Waals surface area contributed by atoms with Crippen LogP contribution in [-0.2, 0) is 35.1 Å². The fourth-order valence-electron chi connectivity index (χ4n) is 4.56. The number of fused-ring (bicyclic) bond motifs is 1. The van der Waals surface area contributed by atoms with Crippen LogP contribution in [0.4, 0.5) is 13.2 Å². The Kier molecular flexibility index (Phi) is 5.04. The number of hydrogen-bond donors (Lipinski definition) is 0. The van der Waals surface area contributed by atoms with E-state index in [9.17, 15) is 22.8 Å². The predicted molar refractivity (Wildman–Crippen MR) is 104 cm³/mol. The fraction of sp³-hybridized carbons (Fsp3) is 0.364. The monoisotopic (exact) mass is 437 g/mol. The van der Waals surface area contributed by atoms with Gasteiger partial charge in [-0.15, -0.1) is 0 Å². The molecule has 4 nitrogen and oxygen atoms in total. The third kappa shape index (κ3) is 3.45. The highest BCUT2D eigenvalue weighted by Crippen LogP contribution is 2.46. The number of rotatable bonds is 3. The molecule has 2 aromatic carbocycles. The molecular formula is C22H19ClF3NO3. The maximum Gasteiger partial charge on any atom is 0.417 e. The van der Waals surface area contributed by atoms with Crippen LogP contribution in [0.2, 0.25) is 5.02 Å². The smallest absolute Gasteiger partial charge is 0.417 e. The summed E-state index contributed by atoms with van der Waals surface area (Å²) in [5, 5.41) is -0.364. The molecule has 2 aliphatic rings. The van der Waals surface area contributed by atoms with Crippen LogP contribution in [0.1, 0.15) is 39.0 Å². The second kappa shape index (κ2) is 7.30. The van der Waals surface area contributed by atoms with E-state index in [1.807, 2.05) is 6.07 Å². The van der Waals surface area contributed by atoms with Crippen molar-refractivity contribution in [2.24, 2.45) is 5.41 Å². The van der Waals surface area contributed by atoms with Crippen LogP contribution in [0.3, 0.4) is 0 Å². The quantitative estimate of drug-likeness (QED) is 0.656. The van der Waals surface area contributed by atoms with Gasteiger partial charge in [0.2, 0.25) is 5.91 Å². The molecular weight excluding hydrogens is 419 g/mol. The number of carbonyl (C=O) groups is 2. The minimum absolute atomic E-state index is 0.0844. The number of likely N-dealkylation sites (tertiary alicyclic amines) is 1. The van der Waals surface area contributed by atoms with E-state index in [0.717, 1.165) is 17.2 Å². The van der Waals surface area contributed by atoms with Gasteiger partial charge >= 0.3 is 12.1 Å². The first-order valence-electron chi connectivity index (χ1n) is 9.49. The Morgan fingerprint density at radius 3 is 2.70 bits per heavy atom. The number of alkyl halides is 3. The summed E-state index contributed by atoms with van der Waals surface area (Å²) >= 11 is 5.69. The first-order chi connectivity index (χ1) is 14.1. The number of methoxy groups -OCH3 is 1. The van der Waals surface area contributed by atoms with Crippen LogP contribution >= 0.6 is 11.6 Å². The molecule has 158 valence electrons. The van der Waals surface area contributed by atoms with Gasteiger partial charge in [0.05, 0.1) is 28.7 Å². The number of halogens is 4. The van der Waals surface area contributed by atoms with Gasteiger partial charge in [0.25, 0.3) is 0 Å². The zero-order valence-corrected chi connectivity index (χ0v) is 16.9. The summed E-state index contributed by atoms with van der Waals surface area (Å²) in [6.45, 7) is 0.533. The Morgan fingerprint density at radius 2 is 2.00 bits per heavy atom. The van der Waals surface area contributed by atoms with Gasteiger partial charge in [-0.2, -0.15) is 13.2 Å². The summed E-state index contributed by atoms with van der Waals surface area (Å²) in [5.74, 6) is -0.537. The molecule has 1 fully saturated rings. The number of benzene rings is 2. The molecule has 0 saturated carbocycles. The Balaban J connectivity index is 1.56. The van der Waals surface area contributed by atoms with Crippen molar-refractivity contribution in [3.05, 3.63) is 69.2 Å². The highest BCUT2D eigenvalue weighted by molar-refractivity contribution is 6.31. The number of nitrogens with zero attached hydrogens (tertiary/aromatic N) is 1. The van der Waals surface area contributed by atoms with Gasteiger partial charge in [-0.25, -0.2) is 4.79 Å². The molecule has 1 atom stereocenters. The van der Waals surface area contributed by atoms with Crippen molar-refractivity contribution in [1.29, 1.82) is 0 Å². The van der Waals surface area contributed by atoms with Crippen molar-refractivity contribution in [1.82, 2.24) is 4.90 Å². The Hall–Kier alpha value is -2.54. The zero-order chi connectivity index (χ0) is 21.7. The summed E-state index contributed by atoms with van der Waals surface area (Å²) in [5.41, 5.74) is 1.04. The normalized spacial score (nSPS) is 20.7. The van der Waals surface area contributed by atoms with Crippen molar-refractivity contribution in [3.8, 4) is 0 Å². The van der Waals surface area contributed by atoms with Crippen molar-refractivity contribution >= 4 is 23.5 Å². The van der Waals surface area contributed by atoms with Crippen LogP contribution < -0.4 is 0 Å². The summed E-state index contributed by atoms with van der Waals surface area (Å²) < 4.78 is 44.3. The van der Waals surface area contributed by atoms with Gasteiger partial charge in [-0.05, 0) is 54.2 Å². The van der Waals surface area contributed by atoms with Crippen LogP contribution in [0.15, 0.2) is 36.4 Å². The maximum absolute atomic E-state index is 13.3. The molecule has 1 spiro atoms. The highest BCUT2D eigenvalue weighted by Gasteiger charge is 2.50. The zero-order valence-electron chi connectivity index (χ0n) is 16.2. The Morgan fingerprint density at radius 1 is 1.23 bits per heavy atom. The van der Waals surface area contributed by atoms with Gasteiger partial charge in [0, 0.05) is 13.1 Å². The topological polar surface area (TPSA) is 46.6 Å². The summed E-state index contributed by atoms with van der Waals surface area (Å²) in [6.07, 6.45) is -3.03. The van der Waals surface area contributed by atoms with E-state index in [0.29, 0.717) is 36.9 Å². The molecule has 2 aromatic rings. The third-order valence-corrected chi connectivity index (χ3v) is 6.36. The molecule has 0 bridgehead atoms. The standard InChI is InChI=1S/C22H19ClF3NO3/c1-30-19(28)15-4-2-3-14-10-21(11-16(14)15)7-8-27(20(21)29)12-13-5-6-18(23)17(9-13)22(24,25)26/h2-6,9H,7-8,10-12H2,1H3/t21-/m1/s1. The van der Waals surface area contributed by atoms with Gasteiger partial charge in [-0.1, -0.05) is 29.8 Å². The second-order valence-electron chi connectivity index (χ2n) is 7.86. The molecule has 0 N–H and O–H groups in total. The van der Waals surface area contributed by atoms with Crippen LogP contribution in [0.5, 0.6) is 0 Å². The number of amides is 1. The number of esters is 1. The Labute approximate surface area is 176 Å². The van der Waals surface area contributed by atoms with E-state index in [2.05, 4.69) is 0 Å². The molecule has 4 rings (SSSR count). The SMILES string of the molecule is COC(=O)c1cccc2c1C[C@@]1(CCN(Cc3ccc(Cl)c(C(F)(F)F)c3)C1=O)C2. The van der Waals surface area contributed by atoms with E-state index in [-0.39, 0.29) is 17.5 Å². The predicted octanol–water partition coefficient (Wildman–Crippen LogP) is 4.66. The average Bonchev–Trinajstić information content (AvgIpc) is 3.22. The van der Waals surface area contributed by atoms with E-state index in [4.69, 9.17) is 16.3 Å². The molecule has 30 heavy (non-hydrogen) atoms. The van der Waals surface area contributed by atoms with E-state index >= 15 is 0 Å². The van der Waals surface area contributed by atoms with Crippen LogP contribution in [0, 0.1) is 5.41 Å². The third-order valence-electron chi connectivity index (χ3n) is 6.03. The molecule has 0 unspecified atom stereocenters. The van der Waals surface area contributed by atoms with Crippen molar-refractivity contribution < 1.29 is 27.5 Å². The molecule has 0 aromatic heterocycles. The minimum Gasteiger partial charge on any atom is -0.465 e. The molecule has 1 amide bonds. The molecule has 8 heteroatoms. The average molecular weight is 438 g/mol. The molecule has 1 saturated heterocycles. The minimum atomic E-state index is -4.55. The van der Waals surface area contributed by atoms with Crippen LogP contribution in [-0.4, -0.2) is 30.4 Å². The first kappa shape index (κ1) is 20.7. The van der Waals surface area contributed by atoms with Gasteiger partial charge in [0.1, 0.15) is 0 Å². The van der Waals surface area contributed by atoms with Crippen molar-refractivity contribution in [2.75, 3.05) is 13.7 Å². The van der Waals surface area contributed by atoms with Crippen LogP contribution in [0.25, 0.3) is 0 Å². The molecule has 0 radical (unpaired) electrons. The van der Waals surface area contributed by atoms with Gasteiger partial charge in [0.15, 0.2) is 0 Å². The van der Waals surface area contributed by atoms with E-state index in [1.165, 1.54) is 19.2 Å². The second-order valence-corrected chi connectivity index (χ2v) is 8.26. The lowest BCUT2D eigenvalue weighted by atomic mass is 9.83.